The van der Waals surface area contributed by atoms with Crippen molar-refractivity contribution >= 4 is 12.0 Å². The number of carbonyl (C=O) groups excluding carboxylic acids is 1. The lowest BCUT2D eigenvalue weighted by Gasteiger charge is -2.18. The fraction of sp³-hybridized carbons (Fsp3) is 0.750. The zero-order valence-electron chi connectivity index (χ0n) is 9.00. The number of rotatable bonds is 7. The number of urea groups is 1. The van der Waals surface area contributed by atoms with Gasteiger partial charge in [-0.3, -0.25) is 0 Å². The van der Waals surface area contributed by atoms with Crippen LogP contribution in [0, 0.1) is 0 Å². The number of nitrogens with one attached hydrogen (secondary N) is 2. The molecule has 4 N–H and O–H groups in total. The molecule has 0 unspecified atom stereocenters. The van der Waals surface area contributed by atoms with E-state index in [1.54, 1.807) is 5.32 Å². The molecule has 6 nitrogen and oxygen atoms in total. The summed E-state index contributed by atoms with van der Waals surface area (Å²) in [4.78, 5) is 21.5. The van der Waals surface area contributed by atoms with Gasteiger partial charge in [0.25, 0.3) is 0 Å². The normalized spacial score (nSPS) is 13.2. The minimum Gasteiger partial charge on any atom is -0.480 e. The Bertz CT molecular complexity index is 301. The van der Waals surface area contributed by atoms with E-state index in [1.165, 1.54) is 5.32 Å². The molecule has 0 aromatic rings. The third-order valence-electron chi connectivity index (χ3n) is 1.83. The summed E-state index contributed by atoms with van der Waals surface area (Å²) in [5.41, 5.74) is 0. The molecule has 0 bridgehead atoms. The van der Waals surface area contributed by atoms with Crippen LogP contribution in [0.5, 0.6) is 0 Å². The van der Waals surface area contributed by atoms with E-state index < -0.39 is 43.5 Å². The lowest BCUT2D eigenvalue weighted by atomic mass is 10.2. The number of aliphatic hydroxyl groups excluding tert-OH is 1. The summed E-state index contributed by atoms with van der Waals surface area (Å²) in [6.07, 6.45) is -4.28. The number of amides is 2. The second-order valence-electron chi connectivity index (χ2n) is 3.29. The second kappa shape index (κ2) is 6.99. The van der Waals surface area contributed by atoms with Gasteiger partial charge in [-0.05, 0) is 0 Å². The first-order valence-corrected chi connectivity index (χ1v) is 4.74. The van der Waals surface area contributed by atoms with Gasteiger partial charge >= 0.3 is 24.3 Å². The molecule has 0 saturated heterocycles. The van der Waals surface area contributed by atoms with Crippen LogP contribution in [0.1, 0.15) is 6.42 Å². The molecule has 0 aliphatic heterocycles. The molecule has 0 aliphatic rings. The van der Waals surface area contributed by atoms with Gasteiger partial charge < -0.3 is 20.8 Å². The van der Waals surface area contributed by atoms with Crippen molar-refractivity contribution in [3.8, 4) is 0 Å². The predicted octanol–water partition coefficient (Wildman–Crippen LogP) is 0.0216. The summed E-state index contributed by atoms with van der Waals surface area (Å²) in [6, 6.07) is -2.83. The van der Waals surface area contributed by atoms with Crippen LogP contribution in [0.25, 0.3) is 0 Å². The molecule has 2 amide bonds. The van der Waals surface area contributed by atoms with Crippen LogP contribution in [0.2, 0.25) is 0 Å². The summed E-state index contributed by atoms with van der Waals surface area (Å²) >= 11 is 0. The third kappa shape index (κ3) is 5.66. The topological polar surface area (TPSA) is 98.7 Å². The lowest BCUT2D eigenvalue weighted by Crippen LogP contribution is -2.50. The van der Waals surface area contributed by atoms with Crippen molar-refractivity contribution in [3.05, 3.63) is 0 Å². The number of carboxylic acid groups (broad SMARTS) is 1. The van der Waals surface area contributed by atoms with Gasteiger partial charge in [-0.15, -0.1) is 0 Å². The molecule has 0 heterocycles. The number of carboxylic acids is 1. The monoisotopic (exact) mass is 276 g/mol. The van der Waals surface area contributed by atoms with Crippen molar-refractivity contribution in [3.63, 3.8) is 0 Å². The van der Waals surface area contributed by atoms with E-state index in [9.17, 15) is 27.2 Å². The van der Waals surface area contributed by atoms with Crippen LogP contribution in [-0.2, 0) is 4.79 Å². The smallest absolute Gasteiger partial charge is 0.326 e. The van der Waals surface area contributed by atoms with Crippen molar-refractivity contribution in [2.75, 3.05) is 13.2 Å². The number of aliphatic carboxylic acids is 1. The Kier molecular flexibility index (Phi) is 6.37. The standard InChI is InChI=1S/C8H12F4N2O4/c9-6(10)8(11,12)3-13-7(18)14-4(1-2-15)5(16)17/h4,6,15H,1-3H2,(H,16,17)(H2,13,14,18)/t4-/m0/s1. The van der Waals surface area contributed by atoms with E-state index >= 15 is 0 Å². The summed E-state index contributed by atoms with van der Waals surface area (Å²) in [5.74, 6) is -5.88. The Balaban J connectivity index is 4.22. The molecule has 0 radical (unpaired) electrons. The molecule has 0 aromatic carbocycles. The van der Waals surface area contributed by atoms with Crippen LogP contribution in [0.15, 0.2) is 0 Å². The van der Waals surface area contributed by atoms with Crippen molar-refractivity contribution in [1.82, 2.24) is 10.6 Å². The summed E-state index contributed by atoms with van der Waals surface area (Å²) in [7, 11) is 0. The molecule has 1 atom stereocenters. The highest BCUT2D eigenvalue weighted by Crippen LogP contribution is 2.21. The van der Waals surface area contributed by atoms with Gasteiger partial charge in [-0.2, -0.15) is 8.78 Å². The van der Waals surface area contributed by atoms with Crippen molar-refractivity contribution < 1.29 is 37.4 Å². The Hall–Kier alpha value is -1.58. The minimum atomic E-state index is -4.40. The number of alkyl halides is 4. The van der Waals surface area contributed by atoms with Crippen LogP contribution >= 0.6 is 0 Å². The van der Waals surface area contributed by atoms with Crippen LogP contribution < -0.4 is 10.6 Å². The van der Waals surface area contributed by atoms with Crippen LogP contribution in [0.4, 0.5) is 22.4 Å². The Morgan fingerprint density at radius 2 is 1.83 bits per heavy atom. The van der Waals surface area contributed by atoms with E-state index in [1.807, 2.05) is 0 Å². The highest BCUT2D eigenvalue weighted by Gasteiger charge is 2.41. The summed E-state index contributed by atoms with van der Waals surface area (Å²) in [6.45, 7) is -2.17. The van der Waals surface area contributed by atoms with Crippen LogP contribution in [-0.4, -0.2) is 53.8 Å². The number of aliphatic hydroxyl groups is 1. The average Bonchev–Trinajstić information content (AvgIpc) is 2.25. The zero-order valence-corrected chi connectivity index (χ0v) is 9.00. The van der Waals surface area contributed by atoms with E-state index in [0.29, 0.717) is 0 Å². The second-order valence-corrected chi connectivity index (χ2v) is 3.29. The van der Waals surface area contributed by atoms with Gasteiger partial charge in [0, 0.05) is 13.0 Å². The molecule has 0 aliphatic carbocycles. The molecule has 0 spiro atoms. The molecule has 18 heavy (non-hydrogen) atoms. The minimum absolute atomic E-state index is 0.339. The molecular formula is C8H12F4N2O4. The number of halogens is 4. The van der Waals surface area contributed by atoms with Gasteiger partial charge in [0.2, 0.25) is 0 Å². The highest BCUT2D eigenvalue weighted by molar-refractivity contribution is 5.82. The number of carbonyl (C=O) groups is 2. The quantitative estimate of drug-likeness (QED) is 0.493. The first-order valence-electron chi connectivity index (χ1n) is 4.74. The molecule has 0 aromatic heterocycles. The molecule has 106 valence electrons. The third-order valence-corrected chi connectivity index (χ3v) is 1.83. The molecule has 0 saturated carbocycles. The summed E-state index contributed by atoms with van der Waals surface area (Å²) in [5, 5.41) is 20.2. The van der Waals surface area contributed by atoms with Gasteiger partial charge in [0.05, 0.1) is 6.54 Å². The van der Waals surface area contributed by atoms with E-state index in [-0.39, 0.29) is 6.42 Å². The Labute approximate surface area is 99.0 Å². The van der Waals surface area contributed by atoms with Gasteiger partial charge in [0.1, 0.15) is 6.04 Å². The molecular weight excluding hydrogens is 264 g/mol. The molecule has 0 fully saturated rings. The molecule has 10 heteroatoms. The number of hydrogen-bond donors (Lipinski definition) is 4. The van der Waals surface area contributed by atoms with E-state index in [0.717, 1.165) is 0 Å². The fourth-order valence-corrected chi connectivity index (χ4v) is 0.871. The Morgan fingerprint density at radius 3 is 2.22 bits per heavy atom. The van der Waals surface area contributed by atoms with Crippen molar-refractivity contribution in [2.45, 2.75) is 24.8 Å². The maximum Gasteiger partial charge on any atom is 0.326 e. The van der Waals surface area contributed by atoms with E-state index in [2.05, 4.69) is 0 Å². The maximum absolute atomic E-state index is 12.4. The lowest BCUT2D eigenvalue weighted by molar-refractivity contribution is -0.139. The SMILES string of the molecule is O=C(NCC(F)(F)C(F)F)N[C@@H](CCO)C(=O)O. The van der Waals surface area contributed by atoms with Gasteiger partial charge in [0.15, 0.2) is 0 Å². The largest absolute Gasteiger partial charge is 0.480 e. The predicted molar refractivity (Wildman–Crippen MR) is 50.6 cm³/mol. The fourth-order valence-electron chi connectivity index (χ4n) is 0.871. The van der Waals surface area contributed by atoms with Gasteiger partial charge in [-0.1, -0.05) is 0 Å². The van der Waals surface area contributed by atoms with E-state index in [4.69, 9.17) is 10.2 Å². The summed E-state index contributed by atoms with van der Waals surface area (Å²) < 4.78 is 48.3. The Morgan fingerprint density at radius 1 is 1.28 bits per heavy atom. The first-order chi connectivity index (χ1) is 8.20. The number of hydrogen-bond acceptors (Lipinski definition) is 3. The van der Waals surface area contributed by atoms with Crippen LogP contribution in [0.3, 0.4) is 0 Å². The zero-order chi connectivity index (χ0) is 14.3. The highest BCUT2D eigenvalue weighted by atomic mass is 19.3. The van der Waals surface area contributed by atoms with Crippen molar-refractivity contribution in [1.29, 1.82) is 0 Å². The first kappa shape index (κ1) is 16.4. The maximum atomic E-state index is 12.4. The average molecular weight is 276 g/mol. The van der Waals surface area contributed by atoms with Gasteiger partial charge in [-0.25, -0.2) is 18.4 Å². The van der Waals surface area contributed by atoms with Crippen molar-refractivity contribution in [2.24, 2.45) is 0 Å². The molecule has 0 rings (SSSR count).